The van der Waals surface area contributed by atoms with Crippen molar-refractivity contribution >= 4 is 29.8 Å². The van der Waals surface area contributed by atoms with Gasteiger partial charge in [-0.05, 0) is 34.6 Å². The average Bonchev–Trinajstić information content (AvgIpc) is 2.56. The van der Waals surface area contributed by atoms with Crippen LogP contribution in [0.2, 0.25) is 0 Å². The summed E-state index contributed by atoms with van der Waals surface area (Å²) in [6.07, 6.45) is -6.16. The second-order valence-corrected chi connectivity index (χ2v) is 5.07. The van der Waals surface area contributed by atoms with Gasteiger partial charge in [0.1, 0.15) is 30.5 Å². The molecule has 0 rings (SSSR count). The number of rotatable bonds is 5. The van der Waals surface area contributed by atoms with Crippen molar-refractivity contribution in [2.24, 2.45) is 0 Å². The first-order valence-electron chi connectivity index (χ1n) is 7.76. The summed E-state index contributed by atoms with van der Waals surface area (Å²) in [6, 6.07) is 0. The van der Waals surface area contributed by atoms with Crippen LogP contribution >= 0.6 is 0 Å². The minimum atomic E-state index is -1.23. The summed E-state index contributed by atoms with van der Waals surface area (Å²) in [5.74, 6) is -5.93. The molecular weight excluding hydrogens is 420 g/mol. The Hall–Kier alpha value is -2.85. The molecule has 30 heavy (non-hydrogen) atoms. The molecule has 0 aliphatic carbocycles. The highest BCUT2D eigenvalue weighted by Crippen LogP contribution is 1.75. The molecule has 15 nitrogen and oxygen atoms in total. The molecule has 0 aromatic rings. The number of carbonyl (C=O) groups is 5. The fraction of sp³-hybridized carbons (Fsp3) is 0.667. The molecule has 0 fully saturated rings. The fourth-order valence-corrected chi connectivity index (χ4v) is 0. The highest BCUT2D eigenvalue weighted by molar-refractivity contribution is 5.72. The van der Waals surface area contributed by atoms with E-state index in [2.05, 4.69) is 0 Å². The minimum absolute atomic E-state index is 1.19. The van der Waals surface area contributed by atoms with Crippen molar-refractivity contribution in [3.8, 4) is 0 Å². The lowest BCUT2D eigenvalue weighted by Gasteiger charge is -1.89. The van der Waals surface area contributed by atoms with Crippen LogP contribution < -0.4 is 0 Å². The average molecular weight is 450 g/mol. The number of aliphatic hydroxyl groups excluding tert-OH is 5. The molecule has 10 N–H and O–H groups in total. The molecule has 0 aliphatic heterocycles. The molecule has 0 aromatic carbocycles. The van der Waals surface area contributed by atoms with E-state index in [1.165, 1.54) is 34.6 Å². The van der Waals surface area contributed by atoms with Crippen LogP contribution in [0.25, 0.3) is 0 Å². The van der Waals surface area contributed by atoms with Crippen molar-refractivity contribution in [3.63, 3.8) is 0 Å². The van der Waals surface area contributed by atoms with E-state index in [9.17, 15) is 24.0 Å². The molecule has 0 aliphatic rings. The lowest BCUT2D eigenvalue weighted by Crippen LogP contribution is -2.13. The van der Waals surface area contributed by atoms with Gasteiger partial charge in [-0.15, -0.1) is 0 Å². The van der Waals surface area contributed by atoms with Gasteiger partial charge in [-0.3, -0.25) is 0 Å². The molecule has 5 unspecified atom stereocenters. The first-order chi connectivity index (χ1) is 13.2. The van der Waals surface area contributed by atoms with E-state index < -0.39 is 60.4 Å². The third-order valence-electron chi connectivity index (χ3n) is 1.79. The van der Waals surface area contributed by atoms with Crippen LogP contribution in [0.15, 0.2) is 0 Å². The molecule has 0 radical (unpaired) electrons. The van der Waals surface area contributed by atoms with E-state index in [0.29, 0.717) is 0 Å². The monoisotopic (exact) mass is 450 g/mol. The van der Waals surface area contributed by atoms with Crippen molar-refractivity contribution < 1.29 is 75.0 Å². The predicted octanol–water partition coefficient (Wildman–Crippen LogP) is -2.74. The Bertz CT molecular complexity index is 390. The summed E-state index contributed by atoms with van der Waals surface area (Å²) in [7, 11) is 0. The molecule has 180 valence electrons. The molecule has 0 spiro atoms. The van der Waals surface area contributed by atoms with E-state index in [0.717, 1.165) is 0 Å². The van der Waals surface area contributed by atoms with Crippen molar-refractivity contribution in [1.29, 1.82) is 0 Å². The number of aliphatic carboxylic acids is 5. The van der Waals surface area contributed by atoms with Crippen LogP contribution in [0.3, 0.4) is 0 Å². The second kappa shape index (κ2) is 22.4. The second-order valence-electron chi connectivity index (χ2n) is 5.07. The number of hydrogen-bond acceptors (Lipinski definition) is 10. The third-order valence-corrected chi connectivity index (χ3v) is 1.79. The van der Waals surface area contributed by atoms with Gasteiger partial charge in [0.2, 0.25) is 0 Å². The highest BCUT2D eigenvalue weighted by atomic mass is 16.4. The summed E-state index contributed by atoms with van der Waals surface area (Å²) >= 11 is 0. The largest absolute Gasteiger partial charge is 0.479 e. The van der Waals surface area contributed by atoms with Crippen LogP contribution in [0.4, 0.5) is 0 Å². The fourth-order valence-electron chi connectivity index (χ4n) is 0. The predicted molar refractivity (Wildman–Crippen MR) is 96.6 cm³/mol. The number of hydrogen-bond donors (Lipinski definition) is 10. The molecule has 0 saturated carbocycles. The number of carboxylic acid groups (broad SMARTS) is 5. The molecule has 5 atom stereocenters. The number of carboxylic acids is 5. The zero-order valence-corrected chi connectivity index (χ0v) is 16.9. The molecular formula is C15H30O15. The summed E-state index contributed by atoms with van der Waals surface area (Å²) in [6.45, 7) is 5.98. The van der Waals surface area contributed by atoms with Crippen molar-refractivity contribution in [3.05, 3.63) is 0 Å². The topological polar surface area (TPSA) is 288 Å². The lowest BCUT2D eigenvalue weighted by atomic mass is 10.4. The molecule has 0 aromatic heterocycles. The van der Waals surface area contributed by atoms with Crippen molar-refractivity contribution in [2.45, 2.75) is 65.1 Å². The van der Waals surface area contributed by atoms with Crippen LogP contribution in [0.5, 0.6) is 0 Å². The molecule has 0 heterocycles. The molecule has 15 heteroatoms. The van der Waals surface area contributed by atoms with Gasteiger partial charge in [-0.2, -0.15) is 0 Å². The summed E-state index contributed by atoms with van der Waals surface area (Å²) in [5, 5.41) is 78.9. The van der Waals surface area contributed by atoms with Gasteiger partial charge in [0, 0.05) is 0 Å². The summed E-state index contributed by atoms with van der Waals surface area (Å²) in [4.78, 5) is 47.2. The maximum absolute atomic E-state index is 9.45. The van der Waals surface area contributed by atoms with Crippen molar-refractivity contribution in [2.75, 3.05) is 0 Å². The third kappa shape index (κ3) is 49.9. The van der Waals surface area contributed by atoms with Crippen LogP contribution in [-0.4, -0.2) is 111 Å². The van der Waals surface area contributed by atoms with Gasteiger partial charge in [-0.25, -0.2) is 24.0 Å². The van der Waals surface area contributed by atoms with Gasteiger partial charge >= 0.3 is 29.8 Å². The Morgan fingerprint density at radius 2 is 0.400 bits per heavy atom. The zero-order valence-electron chi connectivity index (χ0n) is 16.9. The van der Waals surface area contributed by atoms with Crippen LogP contribution in [0.1, 0.15) is 34.6 Å². The van der Waals surface area contributed by atoms with E-state index in [1.54, 1.807) is 0 Å². The Labute approximate surface area is 171 Å². The normalized spacial score (nSPS) is 13.7. The first-order valence-corrected chi connectivity index (χ1v) is 7.76. The molecule has 0 saturated heterocycles. The maximum atomic E-state index is 9.45. The van der Waals surface area contributed by atoms with Crippen LogP contribution in [0, 0.1) is 0 Å². The quantitative estimate of drug-likeness (QED) is 0.203. The standard InChI is InChI=1S/5C3H6O3/c5*1-2(4)3(5)6/h5*2,4H,1H3,(H,5,6). The zero-order chi connectivity index (χ0) is 25.8. The maximum Gasteiger partial charge on any atom is 0.332 e. The smallest absolute Gasteiger partial charge is 0.332 e. The molecule has 0 bridgehead atoms. The van der Waals surface area contributed by atoms with Gasteiger partial charge in [0.25, 0.3) is 0 Å². The van der Waals surface area contributed by atoms with E-state index in [-0.39, 0.29) is 0 Å². The SMILES string of the molecule is CC(O)C(=O)O.CC(O)C(=O)O.CC(O)C(=O)O.CC(O)C(=O)O.CC(O)C(=O)O. The lowest BCUT2D eigenvalue weighted by molar-refractivity contribution is -0.146. The first kappa shape index (κ1) is 37.8. The van der Waals surface area contributed by atoms with Gasteiger partial charge < -0.3 is 51.1 Å². The van der Waals surface area contributed by atoms with Crippen molar-refractivity contribution in [1.82, 2.24) is 0 Å². The van der Waals surface area contributed by atoms with Gasteiger partial charge in [0.15, 0.2) is 0 Å². The Kier molecular flexibility index (Phi) is 28.3. The van der Waals surface area contributed by atoms with E-state index in [4.69, 9.17) is 51.1 Å². The Morgan fingerprint density at radius 3 is 0.400 bits per heavy atom. The van der Waals surface area contributed by atoms with Crippen LogP contribution in [-0.2, 0) is 24.0 Å². The Balaban J connectivity index is -0.0000000868. The molecule has 0 amide bonds. The highest BCUT2D eigenvalue weighted by Gasteiger charge is 2.03. The Morgan fingerprint density at radius 1 is 0.367 bits per heavy atom. The number of aliphatic hydroxyl groups is 5. The minimum Gasteiger partial charge on any atom is -0.479 e. The van der Waals surface area contributed by atoms with Gasteiger partial charge in [-0.1, -0.05) is 0 Å². The van der Waals surface area contributed by atoms with E-state index in [1.807, 2.05) is 0 Å². The summed E-state index contributed by atoms with van der Waals surface area (Å²) in [5.41, 5.74) is 0. The van der Waals surface area contributed by atoms with E-state index >= 15 is 0 Å². The van der Waals surface area contributed by atoms with Gasteiger partial charge in [0.05, 0.1) is 0 Å². The summed E-state index contributed by atoms with van der Waals surface area (Å²) < 4.78 is 0.